The molecule has 2 aromatic carbocycles. The Labute approximate surface area is 158 Å². The van der Waals surface area contributed by atoms with Crippen LogP contribution in [-0.2, 0) is 11.3 Å². The summed E-state index contributed by atoms with van der Waals surface area (Å²) >= 11 is 0. The molecule has 1 amide bonds. The van der Waals surface area contributed by atoms with Crippen molar-refractivity contribution in [2.75, 3.05) is 11.9 Å². The number of hydrazone groups is 1. The molecule has 0 bridgehead atoms. The highest BCUT2D eigenvalue weighted by atomic mass is 16.2. The summed E-state index contributed by atoms with van der Waals surface area (Å²) in [4.78, 5) is 11.9. The van der Waals surface area contributed by atoms with Gasteiger partial charge in [0, 0.05) is 16.9 Å². The van der Waals surface area contributed by atoms with Crippen molar-refractivity contribution in [1.82, 2.24) is 15.2 Å². The first-order valence-electron chi connectivity index (χ1n) is 8.82. The van der Waals surface area contributed by atoms with Gasteiger partial charge < -0.3 is 5.32 Å². The second-order valence-electron chi connectivity index (χ2n) is 6.24. The van der Waals surface area contributed by atoms with Crippen LogP contribution in [0.15, 0.2) is 65.8 Å². The zero-order valence-corrected chi connectivity index (χ0v) is 15.5. The molecule has 27 heavy (non-hydrogen) atoms. The molecule has 3 rings (SSSR count). The van der Waals surface area contributed by atoms with E-state index in [2.05, 4.69) is 33.1 Å². The van der Waals surface area contributed by atoms with Crippen LogP contribution < -0.4 is 10.7 Å². The molecule has 3 aromatic rings. The number of nitrogens with one attached hydrogen (secondary N) is 2. The number of aryl methyl sites for hydroxylation is 1. The monoisotopic (exact) mass is 361 g/mol. The Morgan fingerprint density at radius 2 is 1.74 bits per heavy atom. The Morgan fingerprint density at radius 1 is 1.07 bits per heavy atom. The molecule has 0 aliphatic carbocycles. The Morgan fingerprint density at radius 3 is 2.44 bits per heavy atom. The minimum Gasteiger partial charge on any atom is -0.376 e. The second-order valence-corrected chi connectivity index (χ2v) is 6.24. The van der Waals surface area contributed by atoms with E-state index < -0.39 is 0 Å². The largest absolute Gasteiger partial charge is 0.376 e. The van der Waals surface area contributed by atoms with E-state index in [9.17, 15) is 4.79 Å². The summed E-state index contributed by atoms with van der Waals surface area (Å²) in [7, 11) is 0. The van der Waals surface area contributed by atoms with Crippen LogP contribution in [0, 0.1) is 13.8 Å². The van der Waals surface area contributed by atoms with E-state index >= 15 is 0 Å². The lowest BCUT2D eigenvalue weighted by Crippen LogP contribution is -2.25. The number of benzene rings is 2. The zero-order valence-electron chi connectivity index (χ0n) is 15.5. The number of rotatable bonds is 7. The van der Waals surface area contributed by atoms with Crippen LogP contribution in [0.4, 0.5) is 5.69 Å². The van der Waals surface area contributed by atoms with Gasteiger partial charge in [-0.15, -0.1) is 0 Å². The molecule has 0 spiro atoms. The van der Waals surface area contributed by atoms with Crippen LogP contribution in [0.25, 0.3) is 0 Å². The van der Waals surface area contributed by atoms with Crippen molar-refractivity contribution in [3.63, 3.8) is 0 Å². The van der Waals surface area contributed by atoms with Crippen molar-refractivity contribution >= 4 is 17.8 Å². The summed E-state index contributed by atoms with van der Waals surface area (Å²) in [5.41, 5.74) is 7.43. The number of hydrogen-bond donors (Lipinski definition) is 2. The molecule has 6 nitrogen and oxygen atoms in total. The Balaban J connectivity index is 1.57. The van der Waals surface area contributed by atoms with Gasteiger partial charge >= 0.3 is 0 Å². The first-order valence-corrected chi connectivity index (χ1v) is 8.82. The maximum Gasteiger partial charge on any atom is 0.259 e. The maximum absolute atomic E-state index is 11.9. The summed E-state index contributed by atoms with van der Waals surface area (Å²) in [6, 6.07) is 19.7. The molecule has 0 saturated heterocycles. The first kappa shape index (κ1) is 18.4. The van der Waals surface area contributed by atoms with Gasteiger partial charge in [-0.2, -0.15) is 10.2 Å². The number of carbonyl (C=O) groups excluding carboxylic acids is 1. The molecule has 6 heteroatoms. The van der Waals surface area contributed by atoms with Crippen molar-refractivity contribution in [2.45, 2.75) is 20.4 Å². The fourth-order valence-electron chi connectivity index (χ4n) is 2.75. The highest BCUT2D eigenvalue weighted by Gasteiger charge is 2.10. The van der Waals surface area contributed by atoms with Crippen LogP contribution in [0.3, 0.4) is 0 Å². The van der Waals surface area contributed by atoms with E-state index in [1.165, 1.54) is 5.56 Å². The predicted molar refractivity (Wildman–Crippen MR) is 108 cm³/mol. The van der Waals surface area contributed by atoms with Gasteiger partial charge in [-0.05, 0) is 31.5 Å². The highest BCUT2D eigenvalue weighted by molar-refractivity contribution is 5.85. The lowest BCUT2D eigenvalue weighted by molar-refractivity contribution is -0.119. The fraction of sp³-hybridized carbons (Fsp3) is 0.190. The summed E-state index contributed by atoms with van der Waals surface area (Å²) in [6.07, 6.45) is 1.65. The van der Waals surface area contributed by atoms with Gasteiger partial charge in [0.1, 0.15) is 0 Å². The summed E-state index contributed by atoms with van der Waals surface area (Å²) in [5.74, 6) is -0.206. The maximum atomic E-state index is 11.9. The summed E-state index contributed by atoms with van der Waals surface area (Å²) in [5, 5.41) is 11.7. The fourth-order valence-corrected chi connectivity index (χ4v) is 2.75. The van der Waals surface area contributed by atoms with Gasteiger partial charge in [0.15, 0.2) is 0 Å². The molecule has 0 atom stereocenters. The van der Waals surface area contributed by atoms with Gasteiger partial charge in [-0.1, -0.05) is 48.5 Å². The predicted octanol–water partition coefficient (Wildman–Crippen LogP) is 3.11. The van der Waals surface area contributed by atoms with Gasteiger partial charge in [0.2, 0.25) is 0 Å². The molecule has 138 valence electrons. The van der Waals surface area contributed by atoms with Crippen LogP contribution in [-0.4, -0.2) is 28.4 Å². The quantitative estimate of drug-likeness (QED) is 0.502. The number of carbonyl (C=O) groups is 1. The van der Waals surface area contributed by atoms with Crippen LogP contribution in [0.2, 0.25) is 0 Å². The number of aromatic nitrogens is 2. The number of hydrogen-bond acceptors (Lipinski definition) is 4. The molecule has 0 radical (unpaired) electrons. The topological polar surface area (TPSA) is 71.3 Å². The first-order chi connectivity index (χ1) is 13.1. The average Bonchev–Trinajstić information content (AvgIpc) is 2.95. The Hall–Kier alpha value is -3.41. The average molecular weight is 361 g/mol. The molecule has 0 fully saturated rings. The zero-order chi connectivity index (χ0) is 19.1. The van der Waals surface area contributed by atoms with E-state index in [0.717, 1.165) is 22.6 Å². The SMILES string of the molecule is Cc1nn(Cc2ccccc2)c(C)c1/C=N\NC(=O)CNc1ccccc1. The van der Waals surface area contributed by atoms with E-state index in [-0.39, 0.29) is 12.5 Å². The minimum absolute atomic E-state index is 0.159. The molecule has 1 aromatic heterocycles. The van der Waals surface area contributed by atoms with Gasteiger partial charge in [-0.25, -0.2) is 5.43 Å². The number of nitrogens with zero attached hydrogens (tertiary/aromatic N) is 3. The third kappa shape index (κ3) is 5.04. The van der Waals surface area contributed by atoms with Gasteiger partial charge in [0.05, 0.1) is 25.0 Å². The molecular weight excluding hydrogens is 338 g/mol. The Kier molecular flexibility index (Phi) is 5.99. The van der Waals surface area contributed by atoms with Gasteiger partial charge in [0.25, 0.3) is 5.91 Å². The molecule has 0 unspecified atom stereocenters. The van der Waals surface area contributed by atoms with Crippen molar-refractivity contribution in [3.8, 4) is 0 Å². The van der Waals surface area contributed by atoms with Crippen LogP contribution in [0.1, 0.15) is 22.5 Å². The van der Waals surface area contributed by atoms with Crippen molar-refractivity contribution in [3.05, 3.63) is 83.2 Å². The molecule has 0 aliphatic heterocycles. The van der Waals surface area contributed by atoms with Crippen molar-refractivity contribution in [2.24, 2.45) is 5.10 Å². The number of amides is 1. The minimum atomic E-state index is -0.206. The van der Waals surface area contributed by atoms with Crippen molar-refractivity contribution in [1.29, 1.82) is 0 Å². The van der Waals surface area contributed by atoms with Crippen LogP contribution in [0.5, 0.6) is 0 Å². The lowest BCUT2D eigenvalue weighted by Gasteiger charge is -2.05. The standard InChI is InChI=1S/C21H23N5O/c1-16-20(17(2)26(25-16)15-18-9-5-3-6-10-18)13-23-24-21(27)14-22-19-11-7-4-8-12-19/h3-13,22H,14-15H2,1-2H3,(H,24,27)/b23-13-. The molecule has 0 saturated carbocycles. The smallest absolute Gasteiger partial charge is 0.259 e. The molecule has 2 N–H and O–H groups in total. The number of anilines is 1. The van der Waals surface area contributed by atoms with Gasteiger partial charge in [-0.3, -0.25) is 9.48 Å². The van der Waals surface area contributed by atoms with E-state index in [1.807, 2.05) is 67.1 Å². The lowest BCUT2D eigenvalue weighted by atomic mass is 10.2. The molecule has 1 heterocycles. The van der Waals surface area contributed by atoms with E-state index in [4.69, 9.17) is 0 Å². The summed E-state index contributed by atoms with van der Waals surface area (Å²) in [6.45, 7) is 4.80. The van der Waals surface area contributed by atoms with Crippen molar-refractivity contribution < 1.29 is 4.79 Å². The number of para-hydroxylation sites is 1. The highest BCUT2D eigenvalue weighted by Crippen LogP contribution is 2.12. The van der Waals surface area contributed by atoms with E-state index in [1.54, 1.807) is 6.21 Å². The molecular formula is C21H23N5O. The summed E-state index contributed by atoms with van der Waals surface area (Å²) < 4.78 is 1.95. The van der Waals surface area contributed by atoms with E-state index in [0.29, 0.717) is 6.54 Å². The normalized spacial score (nSPS) is 10.9. The third-order valence-electron chi connectivity index (χ3n) is 4.22. The van der Waals surface area contributed by atoms with Crippen LogP contribution >= 0.6 is 0 Å². The third-order valence-corrected chi connectivity index (χ3v) is 4.22. The Bertz CT molecular complexity index is 917. The second kappa shape index (κ2) is 8.80. The molecule has 0 aliphatic rings.